The number of rotatable bonds is 4. The lowest BCUT2D eigenvalue weighted by Crippen LogP contribution is -2.15. The lowest BCUT2D eigenvalue weighted by atomic mass is 9.88. The van der Waals surface area contributed by atoms with Gasteiger partial charge in [0.25, 0.3) is 0 Å². The topological polar surface area (TPSA) is 74.2 Å². The minimum atomic E-state index is 0.209. The second-order valence-corrected chi connectivity index (χ2v) is 4.46. The van der Waals surface area contributed by atoms with E-state index in [1.165, 1.54) is 7.11 Å². The molecule has 1 rings (SSSR count). The third kappa shape index (κ3) is 2.90. The van der Waals surface area contributed by atoms with Crippen LogP contribution in [0.5, 0.6) is 0 Å². The van der Waals surface area contributed by atoms with Crippen molar-refractivity contribution in [2.24, 2.45) is 17.4 Å². The van der Waals surface area contributed by atoms with Crippen LogP contribution in [-0.4, -0.2) is 12.1 Å². The molecule has 0 aliphatic carbocycles. The third-order valence-electron chi connectivity index (χ3n) is 3.07. The number of hydrogen-bond donors (Lipinski definition) is 2. The number of ether oxygens (including phenoxy) is 1. The normalized spacial score (nSPS) is 14.4. The standard InChI is InChI=1S/C13H21N3O/c1-8(2)9(3)10-6-5-7-16-12(10)11(14)13(15)17-4/h5-9H,14-15H2,1-4H3. The number of pyridine rings is 1. The first-order valence-corrected chi connectivity index (χ1v) is 5.73. The van der Waals surface area contributed by atoms with Crippen molar-refractivity contribution in [3.05, 3.63) is 35.5 Å². The Hall–Kier alpha value is -1.71. The van der Waals surface area contributed by atoms with Crippen molar-refractivity contribution in [1.82, 2.24) is 4.98 Å². The van der Waals surface area contributed by atoms with Gasteiger partial charge in [0.2, 0.25) is 5.88 Å². The zero-order valence-corrected chi connectivity index (χ0v) is 10.9. The summed E-state index contributed by atoms with van der Waals surface area (Å²) in [6.45, 7) is 6.49. The van der Waals surface area contributed by atoms with Gasteiger partial charge in [-0.1, -0.05) is 26.8 Å². The average Bonchev–Trinajstić information content (AvgIpc) is 2.35. The summed E-state index contributed by atoms with van der Waals surface area (Å²) in [5.41, 5.74) is 13.9. The van der Waals surface area contributed by atoms with Crippen molar-refractivity contribution in [3.8, 4) is 0 Å². The monoisotopic (exact) mass is 235 g/mol. The lowest BCUT2D eigenvalue weighted by molar-refractivity contribution is 0.289. The van der Waals surface area contributed by atoms with E-state index in [0.717, 1.165) is 5.56 Å². The molecule has 1 heterocycles. The van der Waals surface area contributed by atoms with Gasteiger partial charge in [-0.3, -0.25) is 4.98 Å². The van der Waals surface area contributed by atoms with E-state index >= 15 is 0 Å². The largest absolute Gasteiger partial charge is 0.481 e. The Kier molecular flexibility index (Phi) is 4.37. The highest BCUT2D eigenvalue weighted by Gasteiger charge is 2.17. The summed E-state index contributed by atoms with van der Waals surface area (Å²) in [7, 11) is 1.50. The van der Waals surface area contributed by atoms with Crippen LogP contribution in [-0.2, 0) is 4.74 Å². The fraction of sp³-hybridized carbons (Fsp3) is 0.462. The molecule has 4 nitrogen and oxygen atoms in total. The van der Waals surface area contributed by atoms with E-state index in [-0.39, 0.29) is 5.88 Å². The molecule has 0 bridgehead atoms. The van der Waals surface area contributed by atoms with Crippen molar-refractivity contribution >= 4 is 5.70 Å². The van der Waals surface area contributed by atoms with Gasteiger partial charge >= 0.3 is 0 Å². The van der Waals surface area contributed by atoms with Crippen LogP contribution in [0.1, 0.15) is 37.9 Å². The van der Waals surface area contributed by atoms with Crippen LogP contribution in [0, 0.1) is 5.92 Å². The van der Waals surface area contributed by atoms with Crippen molar-refractivity contribution < 1.29 is 4.74 Å². The van der Waals surface area contributed by atoms with E-state index in [4.69, 9.17) is 16.2 Å². The predicted octanol–water partition coefficient (Wildman–Crippen LogP) is 2.03. The Bertz CT molecular complexity index is 413. The van der Waals surface area contributed by atoms with E-state index in [0.29, 0.717) is 23.2 Å². The van der Waals surface area contributed by atoms with Gasteiger partial charge in [-0.2, -0.15) is 0 Å². The van der Waals surface area contributed by atoms with Gasteiger partial charge in [0.1, 0.15) is 5.70 Å². The molecule has 0 aliphatic heterocycles. The van der Waals surface area contributed by atoms with Crippen molar-refractivity contribution in [3.63, 3.8) is 0 Å². The van der Waals surface area contributed by atoms with E-state index in [2.05, 4.69) is 25.8 Å². The van der Waals surface area contributed by atoms with Crippen molar-refractivity contribution in [2.45, 2.75) is 26.7 Å². The number of nitrogens with two attached hydrogens (primary N) is 2. The molecule has 17 heavy (non-hydrogen) atoms. The van der Waals surface area contributed by atoms with Gasteiger partial charge in [-0.15, -0.1) is 0 Å². The summed E-state index contributed by atoms with van der Waals surface area (Å²) in [5.74, 6) is 1.08. The molecule has 1 aromatic heterocycles. The maximum Gasteiger partial charge on any atom is 0.209 e. The summed E-state index contributed by atoms with van der Waals surface area (Å²) >= 11 is 0. The quantitative estimate of drug-likeness (QED) is 0.783. The number of aromatic nitrogens is 1. The fourth-order valence-electron chi connectivity index (χ4n) is 1.60. The molecule has 0 radical (unpaired) electrons. The van der Waals surface area contributed by atoms with Crippen molar-refractivity contribution in [1.29, 1.82) is 0 Å². The minimum absolute atomic E-state index is 0.209. The zero-order chi connectivity index (χ0) is 13.0. The van der Waals surface area contributed by atoms with Crippen LogP contribution >= 0.6 is 0 Å². The van der Waals surface area contributed by atoms with Crippen LogP contribution in [0.3, 0.4) is 0 Å². The number of hydrogen-bond acceptors (Lipinski definition) is 4. The zero-order valence-electron chi connectivity index (χ0n) is 10.9. The number of nitrogens with zero attached hydrogens (tertiary/aromatic N) is 1. The summed E-state index contributed by atoms with van der Waals surface area (Å²) < 4.78 is 4.95. The molecule has 0 aromatic carbocycles. The fourth-order valence-corrected chi connectivity index (χ4v) is 1.60. The van der Waals surface area contributed by atoms with Gasteiger partial charge in [0, 0.05) is 6.20 Å². The molecular formula is C13H21N3O. The van der Waals surface area contributed by atoms with Crippen LogP contribution < -0.4 is 11.5 Å². The Morgan fingerprint density at radius 3 is 2.47 bits per heavy atom. The Morgan fingerprint density at radius 2 is 1.94 bits per heavy atom. The second kappa shape index (κ2) is 5.57. The molecule has 0 amide bonds. The molecule has 1 unspecified atom stereocenters. The molecule has 94 valence electrons. The lowest BCUT2D eigenvalue weighted by Gasteiger charge is -2.19. The number of methoxy groups -OCH3 is 1. The first kappa shape index (κ1) is 13.4. The second-order valence-electron chi connectivity index (χ2n) is 4.46. The van der Waals surface area contributed by atoms with Gasteiger partial charge in [-0.25, -0.2) is 0 Å². The van der Waals surface area contributed by atoms with E-state index in [9.17, 15) is 0 Å². The first-order valence-electron chi connectivity index (χ1n) is 5.73. The summed E-state index contributed by atoms with van der Waals surface area (Å²) in [4.78, 5) is 4.31. The first-order chi connectivity index (χ1) is 7.99. The van der Waals surface area contributed by atoms with E-state index in [1.807, 2.05) is 12.1 Å². The SMILES string of the molecule is COC(N)=C(N)c1ncccc1C(C)C(C)C. The van der Waals surface area contributed by atoms with Gasteiger partial charge in [-0.05, 0) is 23.5 Å². The Balaban J connectivity index is 3.26. The molecule has 4 heteroatoms. The minimum Gasteiger partial charge on any atom is -0.481 e. The molecule has 1 atom stereocenters. The van der Waals surface area contributed by atoms with Gasteiger partial charge in [0.05, 0.1) is 12.8 Å². The molecule has 0 saturated heterocycles. The van der Waals surface area contributed by atoms with Crippen LogP contribution in [0.2, 0.25) is 0 Å². The van der Waals surface area contributed by atoms with Crippen LogP contribution in [0.4, 0.5) is 0 Å². The molecule has 0 spiro atoms. The summed E-state index contributed by atoms with van der Waals surface area (Å²) in [6.07, 6.45) is 1.71. The Labute approximate surface area is 103 Å². The van der Waals surface area contributed by atoms with Crippen molar-refractivity contribution in [2.75, 3.05) is 7.11 Å². The van der Waals surface area contributed by atoms with E-state index in [1.54, 1.807) is 6.20 Å². The van der Waals surface area contributed by atoms with Gasteiger partial charge < -0.3 is 16.2 Å². The highest BCUT2D eigenvalue weighted by Crippen LogP contribution is 2.28. The smallest absolute Gasteiger partial charge is 0.209 e. The maximum atomic E-state index is 5.95. The van der Waals surface area contributed by atoms with Gasteiger partial charge in [0.15, 0.2) is 0 Å². The summed E-state index contributed by atoms with van der Waals surface area (Å²) in [5, 5.41) is 0. The highest BCUT2D eigenvalue weighted by molar-refractivity contribution is 5.64. The van der Waals surface area contributed by atoms with Crippen LogP contribution in [0.25, 0.3) is 5.70 Å². The molecule has 4 N–H and O–H groups in total. The Morgan fingerprint density at radius 1 is 1.29 bits per heavy atom. The average molecular weight is 235 g/mol. The molecule has 1 aromatic rings. The third-order valence-corrected chi connectivity index (χ3v) is 3.07. The molecule has 0 saturated carbocycles. The molecule has 0 aliphatic rings. The highest BCUT2D eigenvalue weighted by atomic mass is 16.5. The summed E-state index contributed by atoms with van der Waals surface area (Å²) in [6, 6.07) is 3.94. The van der Waals surface area contributed by atoms with Crippen LogP contribution in [0.15, 0.2) is 24.2 Å². The molecular weight excluding hydrogens is 214 g/mol. The maximum absolute atomic E-state index is 5.95. The van der Waals surface area contributed by atoms with E-state index < -0.39 is 0 Å². The predicted molar refractivity (Wildman–Crippen MR) is 69.8 cm³/mol. The molecule has 0 fully saturated rings.